The van der Waals surface area contributed by atoms with Crippen molar-refractivity contribution in [2.24, 2.45) is 0 Å². The van der Waals surface area contributed by atoms with Crippen LogP contribution in [-0.4, -0.2) is 43.3 Å². The van der Waals surface area contributed by atoms with Crippen LogP contribution in [0.3, 0.4) is 0 Å². The van der Waals surface area contributed by atoms with E-state index in [-0.39, 0.29) is 10.6 Å². The fourth-order valence-corrected chi connectivity index (χ4v) is 3.60. The Labute approximate surface area is 164 Å². The quantitative estimate of drug-likeness (QED) is 0.433. The van der Waals surface area contributed by atoms with Gasteiger partial charge in [0.1, 0.15) is 18.0 Å². The van der Waals surface area contributed by atoms with Gasteiger partial charge in [0.25, 0.3) is 5.69 Å². The van der Waals surface area contributed by atoms with E-state index in [1.807, 2.05) is 12.1 Å². The molecule has 0 amide bonds. The summed E-state index contributed by atoms with van der Waals surface area (Å²) in [5.41, 5.74) is 2.82. The lowest BCUT2D eigenvalue weighted by molar-refractivity contribution is -0.914. The zero-order valence-electron chi connectivity index (χ0n) is 16.1. The third-order valence-corrected chi connectivity index (χ3v) is 5.18. The second kappa shape index (κ2) is 8.75. The molecule has 1 aliphatic rings. The molecule has 2 aromatic rings. The third-order valence-electron chi connectivity index (χ3n) is 5.18. The summed E-state index contributed by atoms with van der Waals surface area (Å²) in [6.07, 6.45) is 2.37. The zero-order valence-corrected chi connectivity index (χ0v) is 16.1. The predicted molar refractivity (Wildman–Crippen MR) is 108 cm³/mol. The standard InChI is InChI=1S/C21H25N3O4/c1-3-4-16-13-20(28-2)14-17(21(16)25)15-22-9-11-23(12-10-22)18-5-7-19(8-6-18)24(26)27/h3,5-8,13-14,25H,1,4,9-12,15H2,2H3/p+1. The Bertz CT molecular complexity index is 843. The number of nitro groups is 1. The molecule has 28 heavy (non-hydrogen) atoms. The summed E-state index contributed by atoms with van der Waals surface area (Å²) in [4.78, 5) is 14.0. The number of phenols is 1. The molecule has 0 saturated carbocycles. The van der Waals surface area contributed by atoms with Gasteiger partial charge in [-0.15, -0.1) is 6.58 Å². The van der Waals surface area contributed by atoms with Crippen LogP contribution < -0.4 is 14.5 Å². The van der Waals surface area contributed by atoms with E-state index in [1.54, 1.807) is 37.5 Å². The van der Waals surface area contributed by atoms with Crippen molar-refractivity contribution in [2.75, 3.05) is 38.2 Å². The lowest BCUT2D eigenvalue weighted by atomic mass is 10.0. The molecule has 148 valence electrons. The number of aromatic hydroxyl groups is 1. The molecule has 0 radical (unpaired) electrons. The molecule has 7 heteroatoms. The van der Waals surface area contributed by atoms with Gasteiger partial charge in [-0.3, -0.25) is 10.1 Å². The van der Waals surface area contributed by atoms with Crippen LogP contribution in [0.15, 0.2) is 49.1 Å². The Morgan fingerprint density at radius 2 is 1.89 bits per heavy atom. The van der Waals surface area contributed by atoms with Crippen molar-refractivity contribution in [2.45, 2.75) is 13.0 Å². The molecule has 1 heterocycles. The van der Waals surface area contributed by atoms with E-state index in [0.717, 1.165) is 55.3 Å². The van der Waals surface area contributed by atoms with Crippen LogP contribution >= 0.6 is 0 Å². The summed E-state index contributed by atoms with van der Waals surface area (Å²) in [6, 6.07) is 10.4. The van der Waals surface area contributed by atoms with Gasteiger partial charge < -0.3 is 19.6 Å². The van der Waals surface area contributed by atoms with E-state index in [2.05, 4.69) is 11.5 Å². The van der Waals surface area contributed by atoms with E-state index >= 15 is 0 Å². The first-order valence-corrected chi connectivity index (χ1v) is 9.34. The van der Waals surface area contributed by atoms with Gasteiger partial charge in [-0.25, -0.2) is 0 Å². The number of nitrogens with zero attached hydrogens (tertiary/aromatic N) is 2. The van der Waals surface area contributed by atoms with Gasteiger partial charge in [-0.1, -0.05) is 6.08 Å². The first kappa shape index (κ1) is 19.7. The van der Waals surface area contributed by atoms with Gasteiger partial charge in [0, 0.05) is 23.4 Å². The lowest BCUT2D eigenvalue weighted by Gasteiger charge is -2.33. The molecule has 2 aromatic carbocycles. The van der Waals surface area contributed by atoms with Crippen LogP contribution in [0.2, 0.25) is 0 Å². The molecule has 1 fully saturated rings. The highest BCUT2D eigenvalue weighted by molar-refractivity contribution is 5.51. The van der Waals surface area contributed by atoms with Gasteiger partial charge in [0.05, 0.1) is 43.8 Å². The molecular formula is C21H26N3O4+. The fraction of sp³-hybridized carbons (Fsp3) is 0.333. The normalized spacial score (nSPS) is 14.7. The molecule has 3 rings (SSSR count). The first-order chi connectivity index (χ1) is 13.5. The maximum atomic E-state index is 10.8. The summed E-state index contributed by atoms with van der Waals surface area (Å²) in [5.74, 6) is 1.07. The summed E-state index contributed by atoms with van der Waals surface area (Å²) in [7, 11) is 1.63. The molecule has 1 aliphatic heterocycles. The van der Waals surface area contributed by atoms with Crippen LogP contribution in [0.4, 0.5) is 11.4 Å². The molecule has 0 spiro atoms. The Morgan fingerprint density at radius 1 is 1.25 bits per heavy atom. The van der Waals surface area contributed by atoms with E-state index in [0.29, 0.717) is 12.2 Å². The summed E-state index contributed by atoms with van der Waals surface area (Å²) in [6.45, 7) is 8.03. The minimum atomic E-state index is -0.382. The average molecular weight is 384 g/mol. The molecule has 0 aromatic heterocycles. The number of rotatable bonds is 7. The van der Waals surface area contributed by atoms with Crippen LogP contribution in [0.1, 0.15) is 11.1 Å². The smallest absolute Gasteiger partial charge is 0.269 e. The molecule has 2 N–H and O–H groups in total. The zero-order chi connectivity index (χ0) is 20.1. The first-order valence-electron chi connectivity index (χ1n) is 9.34. The SMILES string of the molecule is C=CCc1cc(OC)cc(C[NH+]2CCN(c3ccc([N+](=O)[O-])cc3)CC2)c1O. The van der Waals surface area contributed by atoms with Crippen molar-refractivity contribution >= 4 is 11.4 Å². The topological polar surface area (TPSA) is 80.3 Å². The van der Waals surface area contributed by atoms with E-state index in [9.17, 15) is 15.2 Å². The van der Waals surface area contributed by atoms with Gasteiger partial charge in [0.15, 0.2) is 0 Å². The van der Waals surface area contributed by atoms with Crippen LogP contribution in [0.5, 0.6) is 11.5 Å². The Kier molecular flexibility index (Phi) is 6.16. The number of methoxy groups -OCH3 is 1. The van der Waals surface area contributed by atoms with Crippen molar-refractivity contribution in [3.63, 3.8) is 0 Å². The molecule has 1 saturated heterocycles. The highest BCUT2D eigenvalue weighted by Crippen LogP contribution is 2.28. The largest absolute Gasteiger partial charge is 0.507 e. The fourth-order valence-electron chi connectivity index (χ4n) is 3.60. The predicted octanol–water partition coefficient (Wildman–Crippen LogP) is 1.94. The second-order valence-electron chi connectivity index (χ2n) is 6.97. The summed E-state index contributed by atoms with van der Waals surface area (Å²) in [5, 5.41) is 21.4. The maximum Gasteiger partial charge on any atom is 0.269 e. The number of quaternary nitrogens is 1. The molecule has 0 aliphatic carbocycles. The van der Waals surface area contributed by atoms with Crippen LogP contribution in [0, 0.1) is 10.1 Å². The van der Waals surface area contributed by atoms with E-state index < -0.39 is 0 Å². The number of hydrogen-bond acceptors (Lipinski definition) is 5. The molecule has 0 atom stereocenters. The maximum absolute atomic E-state index is 10.8. The van der Waals surface area contributed by atoms with Crippen molar-refractivity contribution in [3.05, 3.63) is 70.3 Å². The number of non-ortho nitro benzene ring substituents is 1. The van der Waals surface area contributed by atoms with Gasteiger partial charge in [-0.05, 0) is 30.7 Å². The lowest BCUT2D eigenvalue weighted by Crippen LogP contribution is -3.13. The van der Waals surface area contributed by atoms with Gasteiger partial charge >= 0.3 is 0 Å². The van der Waals surface area contributed by atoms with Crippen molar-refractivity contribution in [1.82, 2.24) is 0 Å². The molecular weight excluding hydrogens is 358 g/mol. The highest BCUT2D eigenvalue weighted by Gasteiger charge is 2.23. The van der Waals surface area contributed by atoms with Crippen molar-refractivity contribution in [3.8, 4) is 11.5 Å². The van der Waals surface area contributed by atoms with Gasteiger partial charge in [0.2, 0.25) is 0 Å². The molecule has 0 bridgehead atoms. The number of anilines is 1. The number of piperazine rings is 1. The highest BCUT2D eigenvalue weighted by atomic mass is 16.6. The third kappa shape index (κ3) is 4.43. The molecule has 7 nitrogen and oxygen atoms in total. The van der Waals surface area contributed by atoms with E-state index in [1.165, 1.54) is 4.90 Å². The number of nitro benzene ring substituents is 1. The number of allylic oxidation sites excluding steroid dienone is 1. The number of hydrogen-bond donors (Lipinski definition) is 2. The number of benzene rings is 2. The Balaban J connectivity index is 1.65. The summed E-state index contributed by atoms with van der Waals surface area (Å²) >= 11 is 0. The van der Waals surface area contributed by atoms with Crippen molar-refractivity contribution < 1.29 is 19.7 Å². The molecule has 0 unspecified atom stereocenters. The van der Waals surface area contributed by atoms with Gasteiger partial charge in [-0.2, -0.15) is 0 Å². The van der Waals surface area contributed by atoms with E-state index in [4.69, 9.17) is 4.74 Å². The van der Waals surface area contributed by atoms with Crippen LogP contribution in [-0.2, 0) is 13.0 Å². The second-order valence-corrected chi connectivity index (χ2v) is 6.97. The minimum absolute atomic E-state index is 0.108. The Hall–Kier alpha value is -3.06. The van der Waals surface area contributed by atoms with Crippen LogP contribution in [0.25, 0.3) is 0 Å². The Morgan fingerprint density at radius 3 is 2.46 bits per heavy atom. The number of phenolic OH excluding ortho intramolecular Hbond substituents is 1. The number of ether oxygens (including phenoxy) is 1. The minimum Gasteiger partial charge on any atom is -0.507 e. The van der Waals surface area contributed by atoms with Crippen molar-refractivity contribution in [1.29, 1.82) is 0 Å². The summed E-state index contributed by atoms with van der Waals surface area (Å²) < 4.78 is 5.38. The monoisotopic (exact) mass is 384 g/mol. The average Bonchev–Trinajstić information content (AvgIpc) is 2.71. The number of nitrogens with one attached hydrogen (secondary N) is 1.